The highest BCUT2D eigenvalue weighted by Crippen LogP contribution is 2.31. The van der Waals surface area contributed by atoms with Gasteiger partial charge in [0.25, 0.3) is 5.91 Å². The molecule has 0 radical (unpaired) electrons. The quantitative estimate of drug-likeness (QED) is 0.667. The summed E-state index contributed by atoms with van der Waals surface area (Å²) in [6.07, 6.45) is 0. The van der Waals surface area contributed by atoms with Gasteiger partial charge < -0.3 is 15.4 Å². The number of nitrogens with zero attached hydrogens (tertiary/aromatic N) is 1. The molecule has 1 heterocycles. The number of aromatic nitrogens is 1. The fourth-order valence-corrected chi connectivity index (χ4v) is 3.40. The molecule has 3 aromatic rings. The zero-order valence-corrected chi connectivity index (χ0v) is 15.8. The first-order valence-electron chi connectivity index (χ1n) is 7.44. The third-order valence-electron chi connectivity index (χ3n) is 3.44. The van der Waals surface area contributed by atoms with E-state index in [1.54, 1.807) is 13.2 Å². The van der Waals surface area contributed by atoms with Gasteiger partial charge in [-0.15, -0.1) is 0 Å². The third-order valence-corrected chi connectivity index (χ3v) is 5.11. The van der Waals surface area contributed by atoms with Crippen LogP contribution < -0.4 is 15.4 Å². The molecule has 2 amide bonds. The molecule has 0 unspecified atom stereocenters. The maximum absolute atomic E-state index is 12.1. The van der Waals surface area contributed by atoms with Gasteiger partial charge in [-0.3, -0.25) is 9.59 Å². The maximum Gasteiger partial charge on any atom is 0.251 e. The van der Waals surface area contributed by atoms with E-state index >= 15 is 0 Å². The van der Waals surface area contributed by atoms with E-state index in [1.807, 2.05) is 12.1 Å². The summed E-state index contributed by atoms with van der Waals surface area (Å²) >= 11 is 13.0. The molecule has 0 saturated carbocycles. The van der Waals surface area contributed by atoms with Crippen LogP contribution in [-0.2, 0) is 4.79 Å². The number of hydrogen-bond acceptors (Lipinski definition) is 5. The minimum Gasteiger partial charge on any atom is -0.494 e. The number of amides is 2. The minimum absolute atomic E-state index is 0.202. The molecule has 0 bridgehead atoms. The lowest BCUT2D eigenvalue weighted by Gasteiger charge is -2.06. The number of thiazole rings is 1. The number of anilines is 1. The summed E-state index contributed by atoms with van der Waals surface area (Å²) in [4.78, 5) is 28.5. The highest BCUT2D eigenvalue weighted by atomic mass is 35.5. The number of para-hydroxylation sites is 1. The molecule has 2 aromatic carbocycles. The molecule has 0 saturated heterocycles. The molecule has 9 heteroatoms. The second-order valence-corrected chi connectivity index (χ2v) is 7.03. The van der Waals surface area contributed by atoms with E-state index in [4.69, 9.17) is 27.9 Å². The van der Waals surface area contributed by atoms with Crippen molar-refractivity contribution in [2.45, 2.75) is 0 Å². The predicted molar refractivity (Wildman–Crippen MR) is 104 cm³/mol. The fourth-order valence-electron chi connectivity index (χ4n) is 2.20. The molecule has 0 spiro atoms. The van der Waals surface area contributed by atoms with Crippen LogP contribution in [0, 0.1) is 0 Å². The van der Waals surface area contributed by atoms with Crippen LogP contribution in [-0.4, -0.2) is 30.5 Å². The lowest BCUT2D eigenvalue weighted by molar-refractivity contribution is -0.115. The normalized spacial score (nSPS) is 10.6. The molecule has 6 nitrogen and oxygen atoms in total. The lowest BCUT2D eigenvalue weighted by Crippen LogP contribution is -2.32. The Morgan fingerprint density at radius 2 is 2.00 bits per heavy atom. The standard InChI is InChI=1S/C17H13Cl2N3O3S/c1-25-12-3-2-4-13-15(12)22-17(26-13)21-14(23)8-20-16(24)9-5-6-10(18)11(19)7-9/h2-7H,8H2,1H3,(H,20,24)(H,21,22,23). The number of ether oxygens (including phenoxy) is 1. The van der Waals surface area contributed by atoms with E-state index in [2.05, 4.69) is 15.6 Å². The molecule has 26 heavy (non-hydrogen) atoms. The van der Waals surface area contributed by atoms with Crippen molar-refractivity contribution in [3.05, 3.63) is 52.0 Å². The van der Waals surface area contributed by atoms with Crippen molar-refractivity contribution >= 4 is 61.7 Å². The van der Waals surface area contributed by atoms with E-state index in [-0.39, 0.29) is 11.6 Å². The summed E-state index contributed by atoms with van der Waals surface area (Å²) in [6.45, 7) is -0.202. The summed E-state index contributed by atoms with van der Waals surface area (Å²) in [5.74, 6) is -0.187. The number of halogens is 2. The van der Waals surface area contributed by atoms with Gasteiger partial charge in [0.2, 0.25) is 5.91 Å². The zero-order chi connectivity index (χ0) is 18.7. The molecule has 0 aliphatic carbocycles. The monoisotopic (exact) mass is 409 g/mol. The Morgan fingerprint density at radius 3 is 2.73 bits per heavy atom. The van der Waals surface area contributed by atoms with Crippen LogP contribution in [0.5, 0.6) is 5.75 Å². The molecule has 134 valence electrons. The molecular weight excluding hydrogens is 397 g/mol. The largest absolute Gasteiger partial charge is 0.494 e. The first-order chi connectivity index (χ1) is 12.5. The highest BCUT2D eigenvalue weighted by Gasteiger charge is 2.13. The summed E-state index contributed by atoms with van der Waals surface area (Å²) in [7, 11) is 1.56. The van der Waals surface area contributed by atoms with Gasteiger partial charge in [0, 0.05) is 5.56 Å². The van der Waals surface area contributed by atoms with Gasteiger partial charge in [-0.25, -0.2) is 4.98 Å². The zero-order valence-electron chi connectivity index (χ0n) is 13.5. The number of fused-ring (bicyclic) bond motifs is 1. The second-order valence-electron chi connectivity index (χ2n) is 5.19. The van der Waals surface area contributed by atoms with Crippen LogP contribution in [0.25, 0.3) is 10.2 Å². The van der Waals surface area contributed by atoms with Crippen molar-refractivity contribution in [2.75, 3.05) is 19.0 Å². The Hall–Kier alpha value is -2.35. The van der Waals surface area contributed by atoms with Crippen LogP contribution >= 0.6 is 34.5 Å². The fraction of sp³-hybridized carbons (Fsp3) is 0.118. The minimum atomic E-state index is -0.426. The third kappa shape index (κ3) is 4.07. The second kappa shape index (κ2) is 7.90. The number of benzene rings is 2. The number of rotatable bonds is 5. The van der Waals surface area contributed by atoms with Crippen LogP contribution in [0.4, 0.5) is 5.13 Å². The van der Waals surface area contributed by atoms with Gasteiger partial charge >= 0.3 is 0 Å². The summed E-state index contributed by atoms with van der Waals surface area (Å²) in [5, 5.41) is 6.24. The van der Waals surface area contributed by atoms with Gasteiger partial charge in [-0.1, -0.05) is 40.6 Å². The first kappa shape index (κ1) is 18.4. The number of methoxy groups -OCH3 is 1. The summed E-state index contributed by atoms with van der Waals surface area (Å²) in [6, 6.07) is 10.0. The first-order valence-corrected chi connectivity index (χ1v) is 9.02. The Kier molecular flexibility index (Phi) is 5.61. The number of carbonyl (C=O) groups excluding carboxylic acids is 2. The molecule has 0 fully saturated rings. The molecular formula is C17H13Cl2N3O3S. The van der Waals surface area contributed by atoms with Crippen LogP contribution in [0.1, 0.15) is 10.4 Å². The Labute approximate surface area is 163 Å². The Morgan fingerprint density at radius 1 is 1.19 bits per heavy atom. The van der Waals surface area contributed by atoms with Crippen molar-refractivity contribution in [3.8, 4) is 5.75 Å². The van der Waals surface area contributed by atoms with Crippen molar-refractivity contribution in [3.63, 3.8) is 0 Å². The smallest absolute Gasteiger partial charge is 0.251 e. The average Bonchev–Trinajstić information content (AvgIpc) is 3.04. The van der Waals surface area contributed by atoms with Gasteiger partial charge in [0.05, 0.1) is 28.4 Å². The SMILES string of the molecule is COc1cccc2sc(NC(=O)CNC(=O)c3ccc(Cl)c(Cl)c3)nc12. The highest BCUT2D eigenvalue weighted by molar-refractivity contribution is 7.22. The van der Waals surface area contributed by atoms with Gasteiger partial charge in [0.15, 0.2) is 5.13 Å². The molecule has 3 rings (SSSR count). The molecule has 0 aliphatic heterocycles. The van der Waals surface area contributed by atoms with Crippen molar-refractivity contribution < 1.29 is 14.3 Å². The number of hydrogen-bond donors (Lipinski definition) is 2. The molecule has 1 aromatic heterocycles. The number of carbonyl (C=O) groups is 2. The van der Waals surface area contributed by atoms with E-state index in [0.29, 0.717) is 27.0 Å². The lowest BCUT2D eigenvalue weighted by atomic mass is 10.2. The van der Waals surface area contributed by atoms with Crippen molar-refractivity contribution in [1.82, 2.24) is 10.3 Å². The topological polar surface area (TPSA) is 80.3 Å². The van der Waals surface area contributed by atoms with Crippen LogP contribution in [0.3, 0.4) is 0 Å². The number of nitrogens with one attached hydrogen (secondary N) is 2. The van der Waals surface area contributed by atoms with Crippen molar-refractivity contribution in [2.24, 2.45) is 0 Å². The van der Waals surface area contributed by atoms with E-state index < -0.39 is 11.8 Å². The maximum atomic E-state index is 12.1. The van der Waals surface area contributed by atoms with Crippen LogP contribution in [0.15, 0.2) is 36.4 Å². The van der Waals surface area contributed by atoms with E-state index in [0.717, 1.165) is 4.70 Å². The summed E-state index contributed by atoms with van der Waals surface area (Å²) in [5.41, 5.74) is 0.993. The van der Waals surface area contributed by atoms with E-state index in [9.17, 15) is 9.59 Å². The predicted octanol–water partition coefficient (Wildman–Crippen LogP) is 3.98. The van der Waals surface area contributed by atoms with Gasteiger partial charge in [-0.2, -0.15) is 0 Å². The summed E-state index contributed by atoms with van der Waals surface area (Å²) < 4.78 is 6.13. The van der Waals surface area contributed by atoms with E-state index in [1.165, 1.54) is 29.5 Å². The Bertz CT molecular complexity index is 991. The molecule has 0 atom stereocenters. The van der Waals surface area contributed by atoms with Crippen LogP contribution in [0.2, 0.25) is 10.0 Å². The van der Waals surface area contributed by atoms with Crippen molar-refractivity contribution in [1.29, 1.82) is 0 Å². The van der Waals surface area contributed by atoms with Gasteiger partial charge in [0.1, 0.15) is 11.3 Å². The molecule has 0 aliphatic rings. The van der Waals surface area contributed by atoms with Gasteiger partial charge in [-0.05, 0) is 30.3 Å². The molecule has 2 N–H and O–H groups in total. The average molecular weight is 410 g/mol. The Balaban J connectivity index is 1.62.